The van der Waals surface area contributed by atoms with Gasteiger partial charge in [0, 0.05) is 6.42 Å². The lowest BCUT2D eigenvalue weighted by Crippen LogP contribution is -2.46. The molecule has 0 heterocycles. The number of hydrogen-bond donors (Lipinski definition) is 3. The summed E-state index contributed by atoms with van der Waals surface area (Å²) in [5, 5.41) is 13.2. The van der Waals surface area contributed by atoms with E-state index in [0.29, 0.717) is 12.8 Å². The Kier molecular flexibility index (Phi) is 38.4. The van der Waals surface area contributed by atoms with Gasteiger partial charge in [-0.25, -0.2) is 0 Å². The first-order valence-corrected chi connectivity index (χ1v) is 23.2. The highest BCUT2D eigenvalue weighted by atomic mass is 32.2. The van der Waals surface area contributed by atoms with Gasteiger partial charge in [0.25, 0.3) is 10.1 Å². The van der Waals surface area contributed by atoms with Crippen molar-refractivity contribution >= 4 is 16.0 Å². The van der Waals surface area contributed by atoms with Gasteiger partial charge in [0.2, 0.25) is 5.91 Å². The molecule has 0 aromatic heterocycles. The molecule has 6 nitrogen and oxygen atoms in total. The van der Waals surface area contributed by atoms with E-state index >= 15 is 0 Å². The minimum Gasteiger partial charge on any atom is -0.387 e. The van der Waals surface area contributed by atoms with E-state index in [9.17, 15) is 22.9 Å². The average Bonchev–Trinajstić information content (AvgIpc) is 3.15. The third-order valence-corrected chi connectivity index (χ3v) is 9.70. The fraction of sp³-hybridized carbons (Fsp3) is 0.604. The van der Waals surface area contributed by atoms with Crippen molar-refractivity contribution in [2.45, 2.75) is 180 Å². The molecule has 0 radical (unpaired) electrons. The van der Waals surface area contributed by atoms with Gasteiger partial charge in [-0.15, -0.1) is 0 Å². The quantitative estimate of drug-likeness (QED) is 0.0331. The number of carbonyl (C=O) groups excluding carboxylic acids is 1. The second-order valence-electron chi connectivity index (χ2n) is 14.2. The Bertz CT molecular complexity index is 1270. The summed E-state index contributed by atoms with van der Waals surface area (Å²) in [7, 11) is -4.39. The zero-order valence-electron chi connectivity index (χ0n) is 34.8. The van der Waals surface area contributed by atoms with Gasteiger partial charge < -0.3 is 10.4 Å². The van der Waals surface area contributed by atoms with Crippen LogP contribution in [0.2, 0.25) is 0 Å². The minimum absolute atomic E-state index is 0.153. The zero-order valence-corrected chi connectivity index (χ0v) is 35.6. The predicted octanol–water partition coefficient (Wildman–Crippen LogP) is 13.1. The van der Waals surface area contributed by atoms with Crippen LogP contribution in [0.4, 0.5) is 0 Å². The summed E-state index contributed by atoms with van der Waals surface area (Å²) in [6.45, 7) is 4.41. The van der Waals surface area contributed by atoms with Crippen molar-refractivity contribution in [1.29, 1.82) is 0 Å². The highest BCUT2D eigenvalue weighted by molar-refractivity contribution is 7.85. The van der Waals surface area contributed by atoms with E-state index in [0.717, 1.165) is 64.2 Å². The minimum atomic E-state index is -4.39. The second-order valence-corrected chi connectivity index (χ2v) is 15.7. The van der Waals surface area contributed by atoms with Crippen LogP contribution in [-0.4, -0.2) is 41.9 Å². The molecule has 0 aliphatic heterocycles. The zero-order chi connectivity index (χ0) is 40.3. The number of allylic oxidation sites excluding steroid dienone is 17. The first-order valence-electron chi connectivity index (χ1n) is 21.6. The highest BCUT2D eigenvalue weighted by Crippen LogP contribution is 2.12. The highest BCUT2D eigenvalue weighted by Gasteiger charge is 2.24. The molecule has 312 valence electrons. The molecule has 3 N–H and O–H groups in total. The Morgan fingerprint density at radius 1 is 0.509 bits per heavy atom. The van der Waals surface area contributed by atoms with Crippen LogP contribution in [0.15, 0.2) is 109 Å². The Balaban J connectivity index is 4.13. The lowest BCUT2D eigenvalue weighted by Gasteiger charge is -2.20. The molecule has 7 heteroatoms. The Hall–Kier alpha value is -3.00. The fourth-order valence-electron chi connectivity index (χ4n) is 5.74. The number of aliphatic hydroxyl groups excluding tert-OH is 1. The summed E-state index contributed by atoms with van der Waals surface area (Å²) in [5.74, 6) is -1.13. The van der Waals surface area contributed by atoms with Gasteiger partial charge in [-0.3, -0.25) is 9.35 Å². The third kappa shape index (κ3) is 42.0. The van der Waals surface area contributed by atoms with E-state index < -0.39 is 28.0 Å². The van der Waals surface area contributed by atoms with Gasteiger partial charge in [-0.05, 0) is 83.5 Å². The molecular formula is C48H79NO5S. The maximum atomic E-state index is 12.5. The van der Waals surface area contributed by atoms with Gasteiger partial charge in [0.15, 0.2) is 0 Å². The molecule has 1 amide bonds. The van der Waals surface area contributed by atoms with E-state index in [2.05, 4.69) is 104 Å². The SMILES string of the molecule is CC/C=C\C/C=C\C/C=C\C/C=C\C/C=C\C/C=C\CCC(=O)NC(CS(=O)(=O)O)C(O)/C=C/CC/C=C/CC/C=C/CCCCCCCCCCCCC. The Labute approximate surface area is 338 Å². The number of aliphatic hydroxyl groups is 1. The number of rotatable bonds is 37. The maximum Gasteiger partial charge on any atom is 0.267 e. The standard InChI is InChI=1S/C48H79NO5S/c1-3-5-7-9-11-13-15-17-19-21-23-24-26-27-29-31-33-35-37-39-41-43-47(50)46(45-55(52,53)54)49-48(51)44-42-40-38-36-34-32-30-28-25-22-20-18-16-14-12-10-8-6-4-2/h6,8,12,14,18,20,25-28,32-35,38,40-41,43,46-47,50H,3-5,7,9-11,13,15-17,19,21-24,29-31,36-37,39,42,44-45H2,1-2H3,(H,49,51)(H,52,53,54)/b8-6-,14-12-,20-18-,27-26+,28-25-,34-32-,35-33+,40-38-,43-41+. The molecule has 55 heavy (non-hydrogen) atoms. The van der Waals surface area contributed by atoms with E-state index in [1.807, 2.05) is 12.2 Å². The van der Waals surface area contributed by atoms with E-state index in [4.69, 9.17) is 0 Å². The summed E-state index contributed by atoms with van der Waals surface area (Å²) < 4.78 is 32.5. The van der Waals surface area contributed by atoms with Crippen LogP contribution in [0.1, 0.15) is 168 Å². The Morgan fingerprint density at radius 3 is 1.35 bits per heavy atom. The van der Waals surface area contributed by atoms with Crippen molar-refractivity contribution in [2.75, 3.05) is 5.75 Å². The van der Waals surface area contributed by atoms with Crippen molar-refractivity contribution in [2.24, 2.45) is 0 Å². The average molecular weight is 782 g/mol. The Morgan fingerprint density at radius 2 is 0.891 bits per heavy atom. The lowest BCUT2D eigenvalue weighted by molar-refractivity contribution is -0.122. The second kappa shape index (κ2) is 40.7. The summed E-state index contributed by atoms with van der Waals surface area (Å²) in [4.78, 5) is 12.5. The van der Waals surface area contributed by atoms with E-state index in [-0.39, 0.29) is 12.3 Å². The molecular weight excluding hydrogens is 703 g/mol. The van der Waals surface area contributed by atoms with Gasteiger partial charge in [-0.2, -0.15) is 8.42 Å². The molecule has 0 fully saturated rings. The topological polar surface area (TPSA) is 104 Å². The van der Waals surface area contributed by atoms with E-state index in [1.54, 1.807) is 6.08 Å². The van der Waals surface area contributed by atoms with Crippen LogP contribution in [0.3, 0.4) is 0 Å². The molecule has 0 saturated heterocycles. The monoisotopic (exact) mass is 782 g/mol. The van der Waals surface area contributed by atoms with Crippen LogP contribution < -0.4 is 5.32 Å². The van der Waals surface area contributed by atoms with Crippen LogP contribution >= 0.6 is 0 Å². The molecule has 0 saturated carbocycles. The van der Waals surface area contributed by atoms with Crippen LogP contribution in [0.25, 0.3) is 0 Å². The molecule has 2 unspecified atom stereocenters. The number of unbranched alkanes of at least 4 members (excludes halogenated alkanes) is 13. The maximum absolute atomic E-state index is 12.5. The summed E-state index contributed by atoms with van der Waals surface area (Å²) in [6.07, 6.45) is 62.3. The molecule has 0 rings (SSSR count). The van der Waals surface area contributed by atoms with Crippen LogP contribution in [0.5, 0.6) is 0 Å². The van der Waals surface area contributed by atoms with Gasteiger partial charge in [0.1, 0.15) is 0 Å². The third-order valence-electron chi connectivity index (χ3n) is 8.92. The first-order chi connectivity index (χ1) is 26.8. The number of hydrogen-bond acceptors (Lipinski definition) is 4. The molecule has 0 aliphatic rings. The number of nitrogens with one attached hydrogen (secondary N) is 1. The normalized spacial score (nSPS) is 14.3. The summed E-state index contributed by atoms with van der Waals surface area (Å²) in [5.41, 5.74) is 0. The fourth-order valence-corrected chi connectivity index (χ4v) is 6.47. The van der Waals surface area contributed by atoms with Gasteiger partial charge in [0.05, 0.1) is 17.9 Å². The first kappa shape index (κ1) is 52.0. The van der Waals surface area contributed by atoms with Crippen molar-refractivity contribution < 1.29 is 22.9 Å². The van der Waals surface area contributed by atoms with Crippen molar-refractivity contribution in [1.82, 2.24) is 5.32 Å². The van der Waals surface area contributed by atoms with E-state index in [1.165, 1.54) is 76.7 Å². The van der Waals surface area contributed by atoms with Crippen LogP contribution in [0, 0.1) is 0 Å². The molecule has 0 bridgehead atoms. The number of carbonyl (C=O) groups is 1. The van der Waals surface area contributed by atoms with Crippen molar-refractivity contribution in [3.05, 3.63) is 109 Å². The molecule has 0 aliphatic carbocycles. The molecule has 0 spiro atoms. The molecule has 2 atom stereocenters. The summed E-state index contributed by atoms with van der Waals surface area (Å²) >= 11 is 0. The molecule has 0 aromatic carbocycles. The van der Waals surface area contributed by atoms with Gasteiger partial charge in [-0.1, -0.05) is 187 Å². The predicted molar refractivity (Wildman–Crippen MR) is 239 cm³/mol. The number of amides is 1. The largest absolute Gasteiger partial charge is 0.387 e. The van der Waals surface area contributed by atoms with Crippen molar-refractivity contribution in [3.8, 4) is 0 Å². The summed E-state index contributed by atoms with van der Waals surface area (Å²) in [6, 6.07) is -1.13. The van der Waals surface area contributed by atoms with Crippen LogP contribution in [-0.2, 0) is 14.9 Å². The molecule has 0 aromatic rings. The van der Waals surface area contributed by atoms with Gasteiger partial charge >= 0.3 is 0 Å². The lowest BCUT2D eigenvalue weighted by atomic mass is 10.1. The smallest absolute Gasteiger partial charge is 0.267 e. The van der Waals surface area contributed by atoms with Crippen molar-refractivity contribution in [3.63, 3.8) is 0 Å².